The number of carbonyl (C=O) groups excluding carboxylic acids is 1. The zero-order valence-corrected chi connectivity index (χ0v) is 15.1. The molecule has 1 N–H and O–H groups in total. The third-order valence-electron chi connectivity index (χ3n) is 4.24. The van der Waals surface area contributed by atoms with Gasteiger partial charge >= 0.3 is 5.97 Å². The molecule has 2 rings (SSSR count). The molecule has 0 spiro atoms. The van der Waals surface area contributed by atoms with Crippen LogP contribution in [0.4, 0.5) is 0 Å². The van der Waals surface area contributed by atoms with Gasteiger partial charge in [0.2, 0.25) is 0 Å². The highest BCUT2D eigenvalue weighted by atomic mass is 35.5. The second kappa shape index (κ2) is 9.25. The van der Waals surface area contributed by atoms with E-state index < -0.39 is 6.10 Å². The molecule has 5 nitrogen and oxygen atoms in total. The minimum atomic E-state index is -0.570. The molecule has 0 saturated carbocycles. The lowest BCUT2D eigenvalue weighted by molar-refractivity contribution is -0.149. The molecule has 1 heterocycles. The van der Waals surface area contributed by atoms with Crippen molar-refractivity contribution in [1.82, 2.24) is 4.90 Å². The molecule has 134 valence electrons. The Balaban J connectivity index is 1.71. The molecule has 0 unspecified atom stereocenters. The van der Waals surface area contributed by atoms with Crippen molar-refractivity contribution in [3.8, 4) is 5.75 Å². The van der Waals surface area contributed by atoms with Gasteiger partial charge in [-0.3, -0.25) is 4.79 Å². The molecule has 1 aliphatic rings. The van der Waals surface area contributed by atoms with Gasteiger partial charge in [0.15, 0.2) is 0 Å². The van der Waals surface area contributed by atoms with Crippen molar-refractivity contribution >= 4 is 17.6 Å². The van der Waals surface area contributed by atoms with E-state index in [1.165, 1.54) is 0 Å². The molecule has 0 radical (unpaired) electrons. The van der Waals surface area contributed by atoms with Gasteiger partial charge in [-0.05, 0) is 63.5 Å². The highest BCUT2D eigenvalue weighted by Crippen LogP contribution is 2.22. The summed E-state index contributed by atoms with van der Waals surface area (Å²) < 4.78 is 10.7. The van der Waals surface area contributed by atoms with E-state index in [1.807, 2.05) is 26.0 Å². The average molecular weight is 356 g/mol. The summed E-state index contributed by atoms with van der Waals surface area (Å²) in [5, 5.41) is 10.9. The quantitative estimate of drug-likeness (QED) is 0.762. The molecule has 1 aromatic carbocycles. The van der Waals surface area contributed by atoms with Crippen molar-refractivity contribution in [3.05, 3.63) is 28.8 Å². The highest BCUT2D eigenvalue weighted by Gasteiger charge is 2.26. The fourth-order valence-corrected chi connectivity index (χ4v) is 3.15. The molecule has 1 saturated heterocycles. The molecule has 0 aromatic heterocycles. The summed E-state index contributed by atoms with van der Waals surface area (Å²) in [5.74, 6) is 0.630. The standard InChI is InChI=1S/C18H26ClNO4/c1-3-23-18(22)14-6-8-20(9-7-14)11-16(21)12-24-17-5-4-15(19)10-13(17)2/h4-5,10,14,16,21H,3,6-9,11-12H2,1-2H3/t16-/m0/s1. The lowest BCUT2D eigenvalue weighted by Gasteiger charge is -2.32. The monoisotopic (exact) mass is 355 g/mol. The Hall–Kier alpha value is -1.30. The van der Waals surface area contributed by atoms with Crippen LogP contribution in [0, 0.1) is 12.8 Å². The van der Waals surface area contributed by atoms with Crippen LogP contribution in [0.1, 0.15) is 25.3 Å². The summed E-state index contributed by atoms with van der Waals surface area (Å²) in [6, 6.07) is 5.43. The van der Waals surface area contributed by atoms with E-state index in [1.54, 1.807) is 6.07 Å². The van der Waals surface area contributed by atoms with Crippen LogP contribution in [0.2, 0.25) is 5.02 Å². The largest absolute Gasteiger partial charge is 0.491 e. The highest BCUT2D eigenvalue weighted by molar-refractivity contribution is 6.30. The molecule has 1 fully saturated rings. The predicted molar refractivity (Wildman–Crippen MR) is 93.5 cm³/mol. The van der Waals surface area contributed by atoms with Gasteiger partial charge in [-0.15, -0.1) is 0 Å². The first kappa shape index (κ1) is 19.0. The number of carbonyl (C=O) groups is 1. The number of hydrogen-bond donors (Lipinski definition) is 1. The maximum Gasteiger partial charge on any atom is 0.309 e. The van der Waals surface area contributed by atoms with Gasteiger partial charge in [0.25, 0.3) is 0 Å². The number of esters is 1. The van der Waals surface area contributed by atoms with Crippen molar-refractivity contribution < 1.29 is 19.4 Å². The second-order valence-electron chi connectivity index (χ2n) is 6.20. The predicted octanol–water partition coefficient (Wildman–Crippen LogP) is 2.66. The second-order valence-corrected chi connectivity index (χ2v) is 6.64. The summed E-state index contributed by atoms with van der Waals surface area (Å²) in [6.45, 7) is 6.54. The summed E-state index contributed by atoms with van der Waals surface area (Å²) in [5.41, 5.74) is 0.949. The molecule has 6 heteroatoms. The maximum atomic E-state index is 11.7. The fourth-order valence-electron chi connectivity index (χ4n) is 2.92. The number of halogens is 1. The van der Waals surface area contributed by atoms with Crippen LogP contribution in [0.5, 0.6) is 5.75 Å². The van der Waals surface area contributed by atoms with Crippen LogP contribution in [-0.4, -0.2) is 54.9 Å². The minimum absolute atomic E-state index is 0.00805. The van der Waals surface area contributed by atoms with E-state index >= 15 is 0 Å². The van der Waals surface area contributed by atoms with E-state index in [2.05, 4.69) is 4.90 Å². The third kappa shape index (κ3) is 5.65. The number of β-amino-alcohol motifs (C(OH)–C–C–N with tert-alkyl or cyclic N) is 1. The summed E-state index contributed by atoms with van der Waals surface area (Å²) in [4.78, 5) is 13.9. The lowest BCUT2D eigenvalue weighted by Crippen LogP contribution is -2.42. The van der Waals surface area contributed by atoms with E-state index in [-0.39, 0.29) is 18.5 Å². The molecule has 1 aromatic rings. The van der Waals surface area contributed by atoms with Gasteiger partial charge in [-0.2, -0.15) is 0 Å². The maximum absolute atomic E-state index is 11.7. The Bertz CT molecular complexity index is 544. The Kier molecular flexibility index (Phi) is 7.34. The van der Waals surface area contributed by atoms with Crippen LogP contribution >= 0.6 is 11.6 Å². The first-order chi connectivity index (χ1) is 11.5. The van der Waals surface area contributed by atoms with Crippen molar-refractivity contribution in [2.45, 2.75) is 32.8 Å². The van der Waals surface area contributed by atoms with Crippen LogP contribution in [0.25, 0.3) is 0 Å². The Morgan fingerprint density at radius 2 is 2.12 bits per heavy atom. The SMILES string of the molecule is CCOC(=O)C1CCN(C[C@H](O)COc2ccc(Cl)cc2C)CC1. The molecule has 1 aliphatic heterocycles. The number of likely N-dealkylation sites (tertiary alicyclic amines) is 1. The minimum Gasteiger partial charge on any atom is -0.491 e. The van der Waals surface area contributed by atoms with E-state index in [0.717, 1.165) is 37.2 Å². The Labute approximate surface area is 148 Å². The smallest absolute Gasteiger partial charge is 0.309 e. The van der Waals surface area contributed by atoms with Crippen molar-refractivity contribution in [2.75, 3.05) is 32.8 Å². The molecule has 0 aliphatic carbocycles. The van der Waals surface area contributed by atoms with E-state index in [4.69, 9.17) is 21.1 Å². The first-order valence-corrected chi connectivity index (χ1v) is 8.83. The van der Waals surface area contributed by atoms with Crippen LogP contribution < -0.4 is 4.74 Å². The van der Waals surface area contributed by atoms with Crippen LogP contribution in [-0.2, 0) is 9.53 Å². The number of ether oxygens (including phenoxy) is 2. The van der Waals surface area contributed by atoms with Gasteiger partial charge < -0.3 is 19.5 Å². The molecule has 0 amide bonds. The van der Waals surface area contributed by atoms with E-state index in [0.29, 0.717) is 18.2 Å². The fraction of sp³-hybridized carbons (Fsp3) is 0.611. The number of piperidine rings is 1. The summed E-state index contributed by atoms with van der Waals surface area (Å²) in [7, 11) is 0. The van der Waals surface area contributed by atoms with Crippen LogP contribution in [0.15, 0.2) is 18.2 Å². The third-order valence-corrected chi connectivity index (χ3v) is 4.48. The Morgan fingerprint density at radius 3 is 2.75 bits per heavy atom. The summed E-state index contributed by atoms with van der Waals surface area (Å²) in [6.07, 6.45) is 0.991. The topological polar surface area (TPSA) is 59.0 Å². The van der Waals surface area contributed by atoms with Gasteiger partial charge in [0, 0.05) is 11.6 Å². The van der Waals surface area contributed by atoms with Gasteiger partial charge in [0.05, 0.1) is 12.5 Å². The zero-order chi connectivity index (χ0) is 17.5. The number of benzene rings is 1. The van der Waals surface area contributed by atoms with Crippen molar-refractivity contribution in [1.29, 1.82) is 0 Å². The van der Waals surface area contributed by atoms with E-state index in [9.17, 15) is 9.90 Å². The number of aliphatic hydroxyl groups excluding tert-OH is 1. The number of aliphatic hydroxyl groups is 1. The van der Waals surface area contributed by atoms with Crippen LogP contribution in [0.3, 0.4) is 0 Å². The normalized spacial score (nSPS) is 17.5. The van der Waals surface area contributed by atoms with Crippen molar-refractivity contribution in [2.24, 2.45) is 5.92 Å². The van der Waals surface area contributed by atoms with Gasteiger partial charge in [-0.25, -0.2) is 0 Å². The molecular formula is C18H26ClNO4. The number of hydrogen-bond acceptors (Lipinski definition) is 5. The van der Waals surface area contributed by atoms with Gasteiger partial charge in [0.1, 0.15) is 18.5 Å². The number of aryl methyl sites for hydroxylation is 1. The van der Waals surface area contributed by atoms with Crippen molar-refractivity contribution in [3.63, 3.8) is 0 Å². The number of nitrogens with zero attached hydrogens (tertiary/aromatic N) is 1. The van der Waals surface area contributed by atoms with Gasteiger partial charge in [-0.1, -0.05) is 11.6 Å². The molecule has 24 heavy (non-hydrogen) atoms. The first-order valence-electron chi connectivity index (χ1n) is 8.45. The zero-order valence-electron chi connectivity index (χ0n) is 14.3. The molecule has 0 bridgehead atoms. The number of rotatable bonds is 7. The average Bonchev–Trinajstić information content (AvgIpc) is 2.55. The molecule has 1 atom stereocenters. The Morgan fingerprint density at radius 1 is 1.42 bits per heavy atom. The molecular weight excluding hydrogens is 330 g/mol. The lowest BCUT2D eigenvalue weighted by atomic mass is 9.97. The summed E-state index contributed by atoms with van der Waals surface area (Å²) >= 11 is 5.92.